The molecule has 0 spiro atoms. The van der Waals surface area contributed by atoms with Crippen molar-refractivity contribution in [1.29, 1.82) is 0 Å². The van der Waals surface area contributed by atoms with Gasteiger partial charge in [-0.05, 0) is 18.6 Å². The summed E-state index contributed by atoms with van der Waals surface area (Å²) in [7, 11) is 0. The van der Waals surface area contributed by atoms with E-state index in [0.29, 0.717) is 5.56 Å². The van der Waals surface area contributed by atoms with Crippen LogP contribution in [-0.4, -0.2) is 20.9 Å². The van der Waals surface area contributed by atoms with Crippen molar-refractivity contribution in [2.75, 3.05) is 0 Å². The average molecular weight is 301 g/mol. The summed E-state index contributed by atoms with van der Waals surface area (Å²) < 4.78 is 0. The van der Waals surface area contributed by atoms with Crippen molar-refractivity contribution in [3.8, 4) is 0 Å². The maximum atomic E-state index is 12.4. The Morgan fingerprint density at radius 2 is 1.73 bits per heavy atom. The Labute approximate surface area is 126 Å². The number of ketones is 1. The largest absolute Gasteiger partial charge is 0.392 e. The molecule has 2 aromatic carbocycles. The molecule has 0 aromatic heterocycles. The molecule has 0 heterocycles. The van der Waals surface area contributed by atoms with Gasteiger partial charge in [0, 0.05) is 17.2 Å². The van der Waals surface area contributed by atoms with Crippen molar-refractivity contribution in [2.24, 2.45) is 0 Å². The molecule has 0 aliphatic rings. The zero-order valence-electron chi connectivity index (χ0n) is 11.9. The van der Waals surface area contributed by atoms with E-state index in [2.05, 4.69) is 0 Å². The second-order valence-corrected chi connectivity index (χ2v) is 4.90. The van der Waals surface area contributed by atoms with Crippen LogP contribution in [-0.2, 0) is 13.2 Å². The van der Waals surface area contributed by atoms with Crippen LogP contribution in [0.1, 0.15) is 32.6 Å². The first-order chi connectivity index (χ1) is 10.5. The number of hydrogen-bond donors (Lipinski definition) is 2. The number of aliphatic hydroxyl groups excluding tert-OH is 2. The standard InChI is InChI=1S/C16H15NO5/c1-10-2-4-11(5-3-10)16(20)12-6-13(8-18)14(9-19)15(7-12)17(21)22/h2-7,18-19H,8-9H2,1H3. The zero-order valence-corrected chi connectivity index (χ0v) is 11.9. The summed E-state index contributed by atoms with van der Waals surface area (Å²) in [4.78, 5) is 22.9. The first-order valence-electron chi connectivity index (χ1n) is 6.61. The molecule has 6 nitrogen and oxygen atoms in total. The molecule has 22 heavy (non-hydrogen) atoms. The van der Waals surface area contributed by atoms with Crippen LogP contribution in [0.2, 0.25) is 0 Å². The monoisotopic (exact) mass is 301 g/mol. The quantitative estimate of drug-likeness (QED) is 0.500. The Hall–Kier alpha value is -2.57. The lowest BCUT2D eigenvalue weighted by atomic mass is 9.96. The van der Waals surface area contributed by atoms with Gasteiger partial charge in [-0.1, -0.05) is 29.8 Å². The minimum atomic E-state index is -0.670. The number of benzene rings is 2. The highest BCUT2D eigenvalue weighted by molar-refractivity contribution is 6.09. The number of rotatable bonds is 5. The maximum absolute atomic E-state index is 12.4. The molecule has 0 aliphatic carbocycles. The Balaban J connectivity index is 2.55. The summed E-state index contributed by atoms with van der Waals surface area (Å²) in [5.74, 6) is -0.373. The van der Waals surface area contributed by atoms with Crippen LogP contribution in [0.5, 0.6) is 0 Å². The number of carbonyl (C=O) groups excluding carboxylic acids is 1. The van der Waals surface area contributed by atoms with Crippen LogP contribution in [0.4, 0.5) is 5.69 Å². The van der Waals surface area contributed by atoms with E-state index in [1.807, 2.05) is 6.92 Å². The molecule has 2 aromatic rings. The first kappa shape index (κ1) is 15.8. The summed E-state index contributed by atoms with van der Waals surface area (Å²) >= 11 is 0. The van der Waals surface area contributed by atoms with Gasteiger partial charge >= 0.3 is 0 Å². The van der Waals surface area contributed by atoms with Gasteiger partial charge in [-0.2, -0.15) is 0 Å². The van der Waals surface area contributed by atoms with Crippen LogP contribution >= 0.6 is 0 Å². The molecule has 2 N–H and O–H groups in total. The Bertz CT molecular complexity index is 722. The number of aryl methyl sites for hydroxylation is 1. The van der Waals surface area contributed by atoms with E-state index in [1.54, 1.807) is 24.3 Å². The number of nitro groups is 1. The average Bonchev–Trinajstić information content (AvgIpc) is 2.53. The third-order valence-electron chi connectivity index (χ3n) is 3.42. The second kappa shape index (κ2) is 6.46. The molecule has 0 fully saturated rings. The highest BCUT2D eigenvalue weighted by Gasteiger charge is 2.21. The Morgan fingerprint density at radius 1 is 1.09 bits per heavy atom. The maximum Gasteiger partial charge on any atom is 0.276 e. The molecule has 6 heteroatoms. The molecule has 2 rings (SSSR count). The second-order valence-electron chi connectivity index (χ2n) is 4.90. The lowest BCUT2D eigenvalue weighted by Gasteiger charge is -2.09. The van der Waals surface area contributed by atoms with Crippen molar-refractivity contribution >= 4 is 11.5 Å². The van der Waals surface area contributed by atoms with Crippen molar-refractivity contribution in [3.63, 3.8) is 0 Å². The Morgan fingerprint density at radius 3 is 2.23 bits per heavy atom. The van der Waals surface area contributed by atoms with Gasteiger partial charge < -0.3 is 10.2 Å². The number of carbonyl (C=O) groups is 1. The molecular weight excluding hydrogens is 286 g/mol. The molecule has 0 atom stereocenters. The molecule has 0 unspecified atom stereocenters. The molecule has 0 saturated heterocycles. The van der Waals surface area contributed by atoms with Crippen molar-refractivity contribution in [1.82, 2.24) is 0 Å². The molecule has 0 saturated carbocycles. The van der Waals surface area contributed by atoms with E-state index in [9.17, 15) is 25.1 Å². The lowest BCUT2D eigenvalue weighted by molar-refractivity contribution is -0.386. The summed E-state index contributed by atoms with van der Waals surface area (Å²) in [6, 6.07) is 9.34. The third-order valence-corrected chi connectivity index (χ3v) is 3.42. The van der Waals surface area contributed by atoms with Crippen LogP contribution in [0.25, 0.3) is 0 Å². The third kappa shape index (κ3) is 3.03. The number of hydrogen-bond acceptors (Lipinski definition) is 5. The fourth-order valence-electron chi connectivity index (χ4n) is 2.20. The van der Waals surface area contributed by atoms with Crippen LogP contribution in [0.3, 0.4) is 0 Å². The van der Waals surface area contributed by atoms with Gasteiger partial charge in [0.2, 0.25) is 0 Å². The van der Waals surface area contributed by atoms with Crippen LogP contribution in [0.15, 0.2) is 36.4 Å². The molecule has 0 aliphatic heterocycles. The van der Waals surface area contributed by atoms with E-state index >= 15 is 0 Å². The first-order valence-corrected chi connectivity index (χ1v) is 6.61. The SMILES string of the molecule is Cc1ccc(C(=O)c2cc(CO)c(CO)c([N+](=O)[O-])c2)cc1. The highest BCUT2D eigenvalue weighted by atomic mass is 16.6. The fraction of sp³-hybridized carbons (Fsp3) is 0.188. The van der Waals surface area contributed by atoms with Gasteiger partial charge in [-0.3, -0.25) is 14.9 Å². The van der Waals surface area contributed by atoms with Gasteiger partial charge in [0.15, 0.2) is 5.78 Å². The molecule has 0 amide bonds. The van der Waals surface area contributed by atoms with E-state index in [4.69, 9.17) is 0 Å². The lowest BCUT2D eigenvalue weighted by Crippen LogP contribution is -2.07. The van der Waals surface area contributed by atoms with E-state index in [0.717, 1.165) is 11.6 Å². The molecule has 114 valence electrons. The minimum Gasteiger partial charge on any atom is -0.392 e. The van der Waals surface area contributed by atoms with Crippen molar-refractivity contribution in [2.45, 2.75) is 20.1 Å². The predicted molar refractivity (Wildman–Crippen MR) is 79.6 cm³/mol. The summed E-state index contributed by atoms with van der Waals surface area (Å²) in [5, 5.41) is 29.7. The van der Waals surface area contributed by atoms with E-state index in [-0.39, 0.29) is 28.2 Å². The minimum absolute atomic E-state index is 0.0213. The zero-order chi connectivity index (χ0) is 16.3. The van der Waals surface area contributed by atoms with Gasteiger partial charge in [0.05, 0.1) is 23.7 Å². The predicted octanol–water partition coefficient (Wildman–Crippen LogP) is 2.12. The molecular formula is C16H15NO5. The number of nitrogens with zero attached hydrogens (tertiary/aromatic N) is 1. The highest BCUT2D eigenvalue weighted by Crippen LogP contribution is 2.26. The summed E-state index contributed by atoms with van der Waals surface area (Å²) in [6.07, 6.45) is 0. The summed E-state index contributed by atoms with van der Waals surface area (Å²) in [6.45, 7) is 0.815. The topological polar surface area (TPSA) is 101 Å². The van der Waals surface area contributed by atoms with Gasteiger partial charge in [0.25, 0.3) is 5.69 Å². The summed E-state index contributed by atoms with van der Waals surface area (Å²) in [5.41, 5.74) is 1.33. The van der Waals surface area contributed by atoms with Crippen LogP contribution < -0.4 is 0 Å². The van der Waals surface area contributed by atoms with Gasteiger partial charge in [-0.25, -0.2) is 0 Å². The number of aliphatic hydroxyl groups is 2. The van der Waals surface area contributed by atoms with E-state index in [1.165, 1.54) is 6.07 Å². The van der Waals surface area contributed by atoms with Gasteiger partial charge in [-0.15, -0.1) is 0 Å². The fourth-order valence-corrected chi connectivity index (χ4v) is 2.20. The van der Waals surface area contributed by atoms with E-state index < -0.39 is 18.1 Å². The van der Waals surface area contributed by atoms with Crippen LogP contribution in [0, 0.1) is 17.0 Å². The number of nitro benzene ring substituents is 1. The van der Waals surface area contributed by atoms with Gasteiger partial charge in [0.1, 0.15) is 0 Å². The van der Waals surface area contributed by atoms with Crippen molar-refractivity contribution < 1.29 is 19.9 Å². The molecule has 0 radical (unpaired) electrons. The van der Waals surface area contributed by atoms with Crippen molar-refractivity contribution in [3.05, 3.63) is 74.3 Å². The normalized spacial score (nSPS) is 10.5. The molecule has 0 bridgehead atoms. The Kier molecular flexibility index (Phi) is 4.65. The smallest absolute Gasteiger partial charge is 0.276 e.